The van der Waals surface area contributed by atoms with Crippen molar-refractivity contribution in [1.82, 2.24) is 0 Å². The second-order valence-corrected chi connectivity index (χ2v) is 6.27. The molecule has 0 unspecified atom stereocenters. The summed E-state index contributed by atoms with van der Waals surface area (Å²) in [7, 11) is 0. The SMILES string of the molecule is Cc1ccc(NC(=O)CSc2ccc(C(F)(F)F)cc2[N+](=O)[O-])c(F)c1. The lowest BCUT2D eigenvalue weighted by Gasteiger charge is -2.09. The molecule has 0 atom stereocenters. The topological polar surface area (TPSA) is 72.2 Å². The van der Waals surface area contributed by atoms with E-state index >= 15 is 0 Å². The summed E-state index contributed by atoms with van der Waals surface area (Å²) >= 11 is 0.688. The number of benzene rings is 2. The van der Waals surface area contributed by atoms with Gasteiger partial charge in [-0.1, -0.05) is 6.07 Å². The molecule has 0 saturated carbocycles. The first-order valence-electron chi connectivity index (χ1n) is 7.12. The van der Waals surface area contributed by atoms with Crippen molar-refractivity contribution in [2.45, 2.75) is 18.0 Å². The predicted molar refractivity (Wildman–Crippen MR) is 88.6 cm³/mol. The number of carbonyl (C=O) groups excluding carboxylic acids is 1. The van der Waals surface area contributed by atoms with E-state index in [1.54, 1.807) is 13.0 Å². The Morgan fingerprint density at radius 3 is 2.50 bits per heavy atom. The number of anilines is 1. The monoisotopic (exact) mass is 388 g/mol. The number of thioether (sulfide) groups is 1. The van der Waals surface area contributed by atoms with E-state index in [-0.39, 0.29) is 16.3 Å². The Hall–Kier alpha value is -2.62. The minimum absolute atomic E-state index is 0.0527. The molecule has 1 N–H and O–H groups in total. The van der Waals surface area contributed by atoms with Crippen LogP contribution in [-0.4, -0.2) is 16.6 Å². The number of carbonyl (C=O) groups is 1. The van der Waals surface area contributed by atoms with E-state index in [4.69, 9.17) is 0 Å². The summed E-state index contributed by atoms with van der Waals surface area (Å²) in [5.74, 6) is -1.62. The number of hydrogen-bond acceptors (Lipinski definition) is 4. The van der Waals surface area contributed by atoms with Crippen LogP contribution >= 0.6 is 11.8 Å². The number of amides is 1. The van der Waals surface area contributed by atoms with E-state index in [1.165, 1.54) is 12.1 Å². The molecular formula is C16H12F4N2O3S. The van der Waals surface area contributed by atoms with Crippen LogP contribution in [0.15, 0.2) is 41.3 Å². The number of nitro benzene ring substituents is 1. The number of hydrogen-bond donors (Lipinski definition) is 1. The highest BCUT2D eigenvalue weighted by atomic mass is 32.2. The quantitative estimate of drug-likeness (QED) is 0.346. The highest BCUT2D eigenvalue weighted by Crippen LogP contribution is 2.36. The first-order chi connectivity index (χ1) is 12.1. The highest BCUT2D eigenvalue weighted by molar-refractivity contribution is 8.00. The average molecular weight is 388 g/mol. The van der Waals surface area contributed by atoms with Crippen LogP contribution in [0.3, 0.4) is 0 Å². The third-order valence-electron chi connectivity index (χ3n) is 3.24. The second-order valence-electron chi connectivity index (χ2n) is 5.26. The number of halogens is 4. The van der Waals surface area contributed by atoms with E-state index in [2.05, 4.69) is 5.32 Å². The van der Waals surface area contributed by atoms with Crippen molar-refractivity contribution >= 4 is 29.0 Å². The zero-order valence-corrected chi connectivity index (χ0v) is 14.1. The van der Waals surface area contributed by atoms with Crippen molar-refractivity contribution in [2.24, 2.45) is 0 Å². The van der Waals surface area contributed by atoms with Gasteiger partial charge in [-0.15, -0.1) is 11.8 Å². The summed E-state index contributed by atoms with van der Waals surface area (Å²) < 4.78 is 51.7. The number of aryl methyl sites for hydroxylation is 1. The van der Waals surface area contributed by atoms with E-state index in [0.717, 1.165) is 6.07 Å². The molecule has 0 fully saturated rings. The molecule has 2 aromatic carbocycles. The summed E-state index contributed by atoms with van der Waals surface area (Å²) in [4.78, 5) is 21.8. The number of rotatable bonds is 5. The van der Waals surface area contributed by atoms with Crippen LogP contribution in [0.25, 0.3) is 0 Å². The van der Waals surface area contributed by atoms with Gasteiger partial charge in [0.25, 0.3) is 5.69 Å². The Morgan fingerprint density at radius 1 is 1.23 bits per heavy atom. The van der Waals surface area contributed by atoms with Crippen molar-refractivity contribution in [3.05, 3.63) is 63.5 Å². The van der Waals surface area contributed by atoms with Crippen molar-refractivity contribution < 1.29 is 27.3 Å². The Morgan fingerprint density at radius 2 is 1.92 bits per heavy atom. The largest absolute Gasteiger partial charge is 0.416 e. The normalized spacial score (nSPS) is 11.3. The summed E-state index contributed by atoms with van der Waals surface area (Å²) in [6, 6.07) is 6.24. The Bertz CT molecular complexity index is 856. The molecule has 138 valence electrons. The summed E-state index contributed by atoms with van der Waals surface area (Å²) in [5, 5.41) is 13.3. The molecule has 5 nitrogen and oxygen atoms in total. The lowest BCUT2D eigenvalue weighted by atomic mass is 10.2. The van der Waals surface area contributed by atoms with Crippen LogP contribution in [0.4, 0.5) is 28.9 Å². The molecule has 26 heavy (non-hydrogen) atoms. The maximum absolute atomic E-state index is 13.7. The molecule has 0 aromatic heterocycles. The molecule has 0 saturated heterocycles. The van der Waals surface area contributed by atoms with Gasteiger partial charge in [0.1, 0.15) is 5.82 Å². The van der Waals surface area contributed by atoms with Gasteiger partial charge in [-0.05, 0) is 36.8 Å². The molecule has 0 aliphatic heterocycles. The van der Waals surface area contributed by atoms with Gasteiger partial charge in [0.2, 0.25) is 5.91 Å². The van der Waals surface area contributed by atoms with Crippen LogP contribution in [0, 0.1) is 22.9 Å². The second kappa shape index (κ2) is 7.73. The molecule has 0 bridgehead atoms. The number of nitrogens with one attached hydrogen (secondary N) is 1. The molecule has 0 aliphatic carbocycles. The third-order valence-corrected chi connectivity index (χ3v) is 4.30. The zero-order chi connectivity index (χ0) is 19.5. The number of nitrogens with zero attached hydrogens (tertiary/aromatic N) is 1. The first kappa shape index (κ1) is 19.7. The molecule has 0 aliphatic rings. The fourth-order valence-electron chi connectivity index (χ4n) is 2.01. The van der Waals surface area contributed by atoms with Crippen molar-refractivity contribution in [3.8, 4) is 0 Å². The summed E-state index contributed by atoms with van der Waals surface area (Å²) in [5.41, 5.74) is -1.29. The van der Waals surface area contributed by atoms with Gasteiger partial charge in [-0.3, -0.25) is 14.9 Å². The molecular weight excluding hydrogens is 376 g/mol. The lowest BCUT2D eigenvalue weighted by molar-refractivity contribution is -0.388. The van der Waals surface area contributed by atoms with Gasteiger partial charge in [0, 0.05) is 6.07 Å². The van der Waals surface area contributed by atoms with Crippen LogP contribution in [0.1, 0.15) is 11.1 Å². The lowest BCUT2D eigenvalue weighted by Crippen LogP contribution is -2.15. The molecule has 10 heteroatoms. The van der Waals surface area contributed by atoms with Crippen LogP contribution in [0.2, 0.25) is 0 Å². The smallest absolute Gasteiger partial charge is 0.323 e. The number of nitro groups is 1. The maximum Gasteiger partial charge on any atom is 0.416 e. The number of alkyl halides is 3. The minimum atomic E-state index is -4.71. The van der Waals surface area contributed by atoms with E-state index in [0.29, 0.717) is 29.5 Å². The van der Waals surface area contributed by atoms with Gasteiger partial charge in [0.15, 0.2) is 0 Å². The van der Waals surface area contributed by atoms with Crippen LogP contribution in [0.5, 0.6) is 0 Å². The average Bonchev–Trinajstić information content (AvgIpc) is 2.54. The van der Waals surface area contributed by atoms with Gasteiger partial charge >= 0.3 is 6.18 Å². The van der Waals surface area contributed by atoms with Crippen molar-refractivity contribution in [3.63, 3.8) is 0 Å². The van der Waals surface area contributed by atoms with E-state index in [1.807, 2.05) is 0 Å². The van der Waals surface area contributed by atoms with E-state index < -0.39 is 34.1 Å². The molecule has 2 aromatic rings. The van der Waals surface area contributed by atoms with Crippen LogP contribution in [-0.2, 0) is 11.0 Å². The first-order valence-corrected chi connectivity index (χ1v) is 8.11. The van der Waals surface area contributed by atoms with E-state index in [9.17, 15) is 32.5 Å². The Balaban J connectivity index is 2.11. The molecule has 1 amide bonds. The van der Waals surface area contributed by atoms with Gasteiger partial charge in [-0.2, -0.15) is 13.2 Å². The summed E-state index contributed by atoms with van der Waals surface area (Å²) in [6.07, 6.45) is -4.71. The Labute approximate surface area is 149 Å². The van der Waals surface area contributed by atoms with Gasteiger partial charge < -0.3 is 5.32 Å². The van der Waals surface area contributed by atoms with Gasteiger partial charge in [0.05, 0.1) is 26.8 Å². The zero-order valence-electron chi connectivity index (χ0n) is 13.3. The standard InChI is InChI=1S/C16H12F4N2O3S/c1-9-2-4-12(11(17)6-9)21-15(23)8-26-14-5-3-10(16(18,19)20)7-13(14)22(24)25/h2-7H,8H2,1H3,(H,21,23). The van der Waals surface area contributed by atoms with Crippen LogP contribution < -0.4 is 5.32 Å². The fraction of sp³-hybridized carbons (Fsp3) is 0.188. The van der Waals surface area contributed by atoms with Crippen molar-refractivity contribution in [1.29, 1.82) is 0 Å². The Kier molecular flexibility index (Phi) is 5.86. The molecule has 0 radical (unpaired) electrons. The predicted octanol–water partition coefficient (Wildman–Crippen LogP) is 4.79. The van der Waals surface area contributed by atoms with Gasteiger partial charge in [-0.25, -0.2) is 4.39 Å². The minimum Gasteiger partial charge on any atom is -0.323 e. The molecule has 2 rings (SSSR count). The summed E-state index contributed by atoms with van der Waals surface area (Å²) in [6.45, 7) is 1.67. The third kappa shape index (κ3) is 4.94. The maximum atomic E-state index is 13.7. The molecule has 0 spiro atoms. The van der Waals surface area contributed by atoms with Crippen molar-refractivity contribution in [2.75, 3.05) is 11.1 Å². The fourth-order valence-corrected chi connectivity index (χ4v) is 2.81. The highest BCUT2D eigenvalue weighted by Gasteiger charge is 2.33. The molecule has 0 heterocycles.